The number of hydrogen-bond donors (Lipinski definition) is 2. The van der Waals surface area contributed by atoms with Crippen LogP contribution in [-0.2, 0) is 0 Å². The quantitative estimate of drug-likeness (QED) is 0.394. The van der Waals surface area contributed by atoms with Crippen molar-refractivity contribution in [3.05, 3.63) is 69.9 Å². The fourth-order valence-electron chi connectivity index (χ4n) is 2.87. The number of nitrogens with zero attached hydrogens (tertiary/aromatic N) is 1. The highest BCUT2D eigenvalue weighted by Gasteiger charge is 2.17. The van der Waals surface area contributed by atoms with Crippen LogP contribution in [0.25, 0.3) is 0 Å². The van der Waals surface area contributed by atoms with Crippen molar-refractivity contribution < 1.29 is 23.8 Å². The summed E-state index contributed by atoms with van der Waals surface area (Å²) in [5.74, 6) is 0.562. The Morgan fingerprint density at radius 3 is 2.06 bits per heavy atom. The molecular formula is C23H23N3O5S. The molecule has 0 unspecified atom stereocenters. The summed E-state index contributed by atoms with van der Waals surface area (Å²) in [6, 6.07) is 13.9. The second-order valence-corrected chi connectivity index (χ2v) is 7.51. The number of methoxy groups -OCH3 is 3. The second-order valence-electron chi connectivity index (χ2n) is 6.56. The van der Waals surface area contributed by atoms with Gasteiger partial charge in [-0.15, -0.1) is 11.3 Å². The number of nitrogens with one attached hydrogen (secondary N) is 2. The van der Waals surface area contributed by atoms with E-state index in [0.29, 0.717) is 39.1 Å². The molecule has 2 amide bonds. The summed E-state index contributed by atoms with van der Waals surface area (Å²) >= 11 is 1.38. The zero-order chi connectivity index (χ0) is 23.1. The van der Waals surface area contributed by atoms with Gasteiger partial charge in [0.05, 0.1) is 31.9 Å². The number of hydrogen-bond acceptors (Lipinski definition) is 7. The number of hydrazone groups is 1. The molecule has 0 saturated carbocycles. The molecule has 0 aliphatic carbocycles. The fraction of sp³-hybridized carbons (Fsp3) is 0.174. The zero-order valence-electron chi connectivity index (χ0n) is 18.1. The number of rotatable bonds is 8. The maximum atomic E-state index is 12.6. The minimum Gasteiger partial charge on any atom is -0.493 e. The minimum absolute atomic E-state index is 0.157. The van der Waals surface area contributed by atoms with E-state index in [4.69, 9.17) is 14.2 Å². The van der Waals surface area contributed by atoms with Crippen LogP contribution in [0.15, 0.2) is 59.0 Å². The molecule has 1 aromatic heterocycles. The number of benzene rings is 2. The molecule has 3 rings (SSSR count). The first-order chi connectivity index (χ1) is 15.5. The van der Waals surface area contributed by atoms with Crippen molar-refractivity contribution in [2.45, 2.75) is 6.92 Å². The van der Waals surface area contributed by atoms with Crippen LogP contribution in [0, 0.1) is 0 Å². The molecule has 0 saturated heterocycles. The summed E-state index contributed by atoms with van der Waals surface area (Å²) in [5, 5.41) is 8.87. The highest BCUT2D eigenvalue weighted by molar-refractivity contribution is 7.12. The minimum atomic E-state index is -0.427. The van der Waals surface area contributed by atoms with E-state index in [-0.39, 0.29) is 5.91 Å². The molecule has 2 aromatic carbocycles. The van der Waals surface area contributed by atoms with Gasteiger partial charge in [0.15, 0.2) is 11.5 Å². The lowest BCUT2D eigenvalue weighted by molar-refractivity contribution is 0.0953. The van der Waals surface area contributed by atoms with Crippen LogP contribution in [0.2, 0.25) is 0 Å². The van der Waals surface area contributed by atoms with Gasteiger partial charge >= 0.3 is 0 Å². The van der Waals surface area contributed by atoms with Gasteiger partial charge in [0, 0.05) is 11.3 Å². The van der Waals surface area contributed by atoms with Crippen LogP contribution in [-0.4, -0.2) is 38.9 Å². The van der Waals surface area contributed by atoms with Crippen molar-refractivity contribution in [2.24, 2.45) is 5.10 Å². The number of carbonyl (C=O) groups is 2. The lowest BCUT2D eigenvalue weighted by Crippen LogP contribution is -2.19. The number of thiophene rings is 1. The molecule has 32 heavy (non-hydrogen) atoms. The summed E-state index contributed by atoms with van der Waals surface area (Å²) in [6.07, 6.45) is 0. The van der Waals surface area contributed by atoms with E-state index in [9.17, 15) is 9.59 Å². The predicted octanol–water partition coefficient (Wildman–Crippen LogP) is 4.18. The van der Waals surface area contributed by atoms with Crippen LogP contribution < -0.4 is 25.0 Å². The largest absolute Gasteiger partial charge is 0.493 e. The van der Waals surface area contributed by atoms with Crippen LogP contribution >= 0.6 is 11.3 Å². The summed E-state index contributed by atoms with van der Waals surface area (Å²) in [7, 11) is 4.45. The Kier molecular flexibility index (Phi) is 7.45. The van der Waals surface area contributed by atoms with Crippen molar-refractivity contribution in [3.8, 4) is 17.2 Å². The highest BCUT2D eigenvalue weighted by Crippen LogP contribution is 2.38. The molecule has 0 aliphatic heterocycles. The van der Waals surface area contributed by atoms with Crippen molar-refractivity contribution in [1.82, 2.24) is 5.43 Å². The molecule has 9 heteroatoms. The molecule has 0 aliphatic rings. The van der Waals surface area contributed by atoms with Crippen LogP contribution in [0.1, 0.15) is 32.5 Å². The van der Waals surface area contributed by atoms with Crippen molar-refractivity contribution >= 4 is 34.6 Å². The third kappa shape index (κ3) is 5.25. The normalized spacial score (nSPS) is 10.9. The first kappa shape index (κ1) is 22.8. The average molecular weight is 454 g/mol. The Balaban J connectivity index is 1.68. The average Bonchev–Trinajstić information content (AvgIpc) is 3.37. The van der Waals surface area contributed by atoms with Crippen molar-refractivity contribution in [2.75, 3.05) is 26.6 Å². The standard InChI is InChI=1S/C23H23N3O5S/c1-14(15-7-9-17(10-8-15)24-23(28)20-6-5-11-32-20)25-26-22(27)16-12-18(29-2)21(31-4)19(13-16)30-3/h5-13H,1-4H3,(H,24,28)(H,26,27). The number of carbonyl (C=O) groups excluding carboxylic acids is 2. The van der Waals surface area contributed by atoms with Crippen molar-refractivity contribution in [3.63, 3.8) is 0 Å². The molecule has 3 aromatic rings. The molecule has 1 heterocycles. The summed E-state index contributed by atoms with van der Waals surface area (Å²) in [4.78, 5) is 25.4. The Hall–Kier alpha value is -3.85. The molecular weight excluding hydrogens is 430 g/mol. The van der Waals surface area contributed by atoms with E-state index in [1.54, 1.807) is 37.3 Å². The van der Waals surface area contributed by atoms with Gasteiger partial charge in [0.25, 0.3) is 11.8 Å². The predicted molar refractivity (Wildman–Crippen MR) is 124 cm³/mol. The number of amides is 2. The Bertz CT molecular complexity index is 1100. The van der Waals surface area contributed by atoms with E-state index in [1.807, 2.05) is 23.6 Å². The molecule has 0 bridgehead atoms. The third-order valence-electron chi connectivity index (χ3n) is 4.56. The van der Waals surface area contributed by atoms with Crippen LogP contribution in [0.5, 0.6) is 17.2 Å². The molecule has 0 spiro atoms. The summed E-state index contributed by atoms with van der Waals surface area (Å²) in [6.45, 7) is 1.77. The maximum absolute atomic E-state index is 12.6. The van der Waals surface area contributed by atoms with E-state index < -0.39 is 5.91 Å². The number of anilines is 1. The first-order valence-corrected chi connectivity index (χ1v) is 10.4. The van der Waals surface area contributed by atoms with Gasteiger partial charge in [-0.3, -0.25) is 9.59 Å². The lowest BCUT2D eigenvalue weighted by atomic mass is 10.1. The Labute approximate surface area is 189 Å². The molecule has 166 valence electrons. The summed E-state index contributed by atoms with van der Waals surface area (Å²) < 4.78 is 15.8. The summed E-state index contributed by atoms with van der Waals surface area (Å²) in [5.41, 5.74) is 4.90. The van der Waals surface area contributed by atoms with Gasteiger partial charge in [-0.25, -0.2) is 5.43 Å². The van der Waals surface area contributed by atoms with Crippen molar-refractivity contribution in [1.29, 1.82) is 0 Å². The molecule has 2 N–H and O–H groups in total. The molecule has 0 atom stereocenters. The van der Waals surface area contributed by atoms with Gasteiger partial charge in [-0.1, -0.05) is 18.2 Å². The topological polar surface area (TPSA) is 98.2 Å². The van der Waals surface area contributed by atoms with E-state index in [1.165, 1.54) is 32.7 Å². The van der Waals surface area contributed by atoms with Gasteiger partial charge in [-0.2, -0.15) is 5.10 Å². The first-order valence-electron chi connectivity index (χ1n) is 9.56. The second kappa shape index (κ2) is 10.5. The Morgan fingerprint density at radius 1 is 0.875 bits per heavy atom. The fourth-order valence-corrected chi connectivity index (χ4v) is 3.49. The molecule has 0 radical (unpaired) electrons. The maximum Gasteiger partial charge on any atom is 0.271 e. The van der Waals surface area contributed by atoms with Crippen LogP contribution in [0.3, 0.4) is 0 Å². The third-order valence-corrected chi connectivity index (χ3v) is 5.43. The van der Waals surface area contributed by atoms with Gasteiger partial charge < -0.3 is 19.5 Å². The van der Waals surface area contributed by atoms with Crippen LogP contribution in [0.4, 0.5) is 5.69 Å². The monoisotopic (exact) mass is 453 g/mol. The number of ether oxygens (including phenoxy) is 3. The van der Waals surface area contributed by atoms with Gasteiger partial charge in [0.2, 0.25) is 5.75 Å². The Morgan fingerprint density at radius 2 is 1.53 bits per heavy atom. The van der Waals surface area contributed by atoms with E-state index in [2.05, 4.69) is 15.8 Å². The lowest BCUT2D eigenvalue weighted by Gasteiger charge is -2.13. The SMILES string of the molecule is COc1cc(C(=O)NN=C(C)c2ccc(NC(=O)c3cccs3)cc2)cc(OC)c1OC. The highest BCUT2D eigenvalue weighted by atomic mass is 32.1. The van der Waals surface area contributed by atoms with Gasteiger partial charge in [0.1, 0.15) is 0 Å². The van der Waals surface area contributed by atoms with E-state index >= 15 is 0 Å². The van der Waals surface area contributed by atoms with Gasteiger partial charge in [-0.05, 0) is 48.2 Å². The molecule has 0 fully saturated rings. The zero-order valence-corrected chi connectivity index (χ0v) is 18.9. The molecule has 8 nitrogen and oxygen atoms in total. The smallest absolute Gasteiger partial charge is 0.271 e. The van der Waals surface area contributed by atoms with E-state index in [0.717, 1.165) is 5.56 Å².